The first-order valence-electron chi connectivity index (χ1n) is 8.76. The van der Waals surface area contributed by atoms with Crippen LogP contribution in [0.5, 0.6) is 0 Å². The third kappa shape index (κ3) is 4.20. The number of piperazine rings is 1. The van der Waals surface area contributed by atoms with Gasteiger partial charge in [0.15, 0.2) is 16.8 Å². The van der Waals surface area contributed by atoms with Crippen molar-refractivity contribution in [1.82, 2.24) is 9.29 Å². The van der Waals surface area contributed by atoms with Crippen molar-refractivity contribution in [3.63, 3.8) is 0 Å². The molecule has 29 heavy (non-hydrogen) atoms. The molecule has 1 aromatic heterocycles. The summed E-state index contributed by atoms with van der Waals surface area (Å²) < 4.78 is 54.5. The van der Waals surface area contributed by atoms with Gasteiger partial charge < -0.3 is 4.90 Å². The van der Waals surface area contributed by atoms with Crippen LogP contribution in [0.15, 0.2) is 57.2 Å². The molecule has 1 aliphatic heterocycles. The molecule has 1 fully saturated rings. The van der Waals surface area contributed by atoms with Crippen LogP contribution in [0.3, 0.4) is 0 Å². The Hall–Kier alpha value is -1.88. The Balaban J connectivity index is 1.45. The highest BCUT2D eigenvalue weighted by Gasteiger charge is 2.29. The highest BCUT2D eigenvalue weighted by Crippen LogP contribution is 2.29. The van der Waals surface area contributed by atoms with E-state index in [4.69, 9.17) is 0 Å². The molecule has 152 valence electrons. The Kier molecular flexibility index (Phi) is 5.69. The molecule has 0 atom stereocenters. The van der Waals surface area contributed by atoms with Crippen LogP contribution in [-0.2, 0) is 10.0 Å². The Morgan fingerprint density at radius 1 is 0.966 bits per heavy atom. The number of hydrogen-bond acceptors (Lipinski definition) is 5. The Morgan fingerprint density at radius 2 is 1.66 bits per heavy atom. The molecule has 3 aromatic rings. The van der Waals surface area contributed by atoms with Crippen LogP contribution in [0.1, 0.15) is 0 Å². The van der Waals surface area contributed by atoms with Crippen molar-refractivity contribution in [2.45, 2.75) is 4.90 Å². The first kappa shape index (κ1) is 20.4. The summed E-state index contributed by atoms with van der Waals surface area (Å²) in [6, 6.07) is 10.3. The van der Waals surface area contributed by atoms with Crippen molar-refractivity contribution in [2.75, 3.05) is 31.1 Å². The molecule has 0 aliphatic carbocycles. The largest absolute Gasteiger partial charge is 0.345 e. The van der Waals surface area contributed by atoms with E-state index in [1.807, 2.05) is 4.90 Å². The molecule has 4 rings (SSSR count). The predicted octanol–water partition coefficient (Wildman–Crippen LogP) is 4.36. The summed E-state index contributed by atoms with van der Waals surface area (Å²) in [7, 11) is -3.54. The third-order valence-electron chi connectivity index (χ3n) is 4.67. The topological polar surface area (TPSA) is 53.5 Å². The summed E-state index contributed by atoms with van der Waals surface area (Å²) >= 11 is 4.70. The number of aromatic nitrogens is 1. The van der Waals surface area contributed by atoms with Gasteiger partial charge in [-0.1, -0.05) is 15.9 Å². The van der Waals surface area contributed by atoms with Gasteiger partial charge in [-0.25, -0.2) is 22.2 Å². The molecule has 0 bridgehead atoms. The zero-order valence-corrected chi connectivity index (χ0v) is 18.3. The highest BCUT2D eigenvalue weighted by molar-refractivity contribution is 9.10. The molecule has 2 aromatic carbocycles. The number of nitrogens with zero attached hydrogens (tertiary/aromatic N) is 3. The maximum absolute atomic E-state index is 13.5. The van der Waals surface area contributed by atoms with E-state index in [2.05, 4.69) is 20.9 Å². The normalized spacial score (nSPS) is 15.6. The van der Waals surface area contributed by atoms with Gasteiger partial charge in [0.2, 0.25) is 10.0 Å². The number of thiazole rings is 1. The summed E-state index contributed by atoms with van der Waals surface area (Å²) in [5.41, 5.74) is 1.07. The van der Waals surface area contributed by atoms with Gasteiger partial charge in [-0.05, 0) is 42.5 Å². The lowest BCUT2D eigenvalue weighted by Gasteiger charge is -2.33. The van der Waals surface area contributed by atoms with Gasteiger partial charge in [0.1, 0.15) is 0 Å². The van der Waals surface area contributed by atoms with Gasteiger partial charge >= 0.3 is 0 Å². The molecule has 1 saturated heterocycles. The molecule has 0 saturated carbocycles. The van der Waals surface area contributed by atoms with Gasteiger partial charge in [0.25, 0.3) is 0 Å². The predicted molar refractivity (Wildman–Crippen MR) is 113 cm³/mol. The number of anilines is 1. The minimum atomic E-state index is -3.54. The fraction of sp³-hybridized carbons (Fsp3) is 0.211. The molecule has 0 N–H and O–H groups in total. The van der Waals surface area contributed by atoms with Gasteiger partial charge in [0.05, 0.1) is 10.6 Å². The monoisotopic (exact) mass is 499 g/mol. The van der Waals surface area contributed by atoms with Gasteiger partial charge in [-0.15, -0.1) is 11.3 Å². The zero-order valence-electron chi connectivity index (χ0n) is 15.1. The quantitative estimate of drug-likeness (QED) is 0.535. The maximum atomic E-state index is 13.5. The van der Waals surface area contributed by atoms with Crippen LogP contribution < -0.4 is 4.90 Å². The minimum Gasteiger partial charge on any atom is -0.345 e. The zero-order chi connectivity index (χ0) is 20.6. The van der Waals surface area contributed by atoms with Crippen LogP contribution >= 0.6 is 27.3 Å². The number of hydrogen-bond donors (Lipinski definition) is 0. The van der Waals surface area contributed by atoms with E-state index in [1.165, 1.54) is 21.7 Å². The van der Waals surface area contributed by atoms with Crippen LogP contribution in [0.25, 0.3) is 11.3 Å². The lowest BCUT2D eigenvalue weighted by Crippen LogP contribution is -2.48. The second-order valence-electron chi connectivity index (χ2n) is 6.49. The molecular weight excluding hydrogens is 484 g/mol. The van der Waals surface area contributed by atoms with Crippen molar-refractivity contribution < 1.29 is 17.2 Å². The fourth-order valence-electron chi connectivity index (χ4n) is 3.07. The van der Waals surface area contributed by atoms with Crippen LogP contribution in [0.4, 0.5) is 13.9 Å². The second kappa shape index (κ2) is 8.10. The van der Waals surface area contributed by atoms with E-state index < -0.39 is 21.7 Å². The van der Waals surface area contributed by atoms with Crippen LogP contribution in [0, 0.1) is 11.6 Å². The van der Waals surface area contributed by atoms with Crippen molar-refractivity contribution in [1.29, 1.82) is 0 Å². The van der Waals surface area contributed by atoms with E-state index in [-0.39, 0.29) is 4.90 Å². The third-order valence-corrected chi connectivity index (χ3v) is 8.01. The Bertz CT molecular complexity index is 1130. The van der Waals surface area contributed by atoms with Crippen molar-refractivity contribution in [3.8, 4) is 11.3 Å². The van der Waals surface area contributed by atoms with Crippen molar-refractivity contribution >= 4 is 42.4 Å². The van der Waals surface area contributed by atoms with E-state index >= 15 is 0 Å². The Morgan fingerprint density at radius 3 is 2.31 bits per heavy atom. The highest BCUT2D eigenvalue weighted by atomic mass is 79.9. The molecule has 5 nitrogen and oxygen atoms in total. The average Bonchev–Trinajstić information content (AvgIpc) is 3.21. The van der Waals surface area contributed by atoms with Gasteiger partial charge in [-0.2, -0.15) is 4.31 Å². The summed E-state index contributed by atoms with van der Waals surface area (Å²) in [6.45, 7) is 1.69. The maximum Gasteiger partial charge on any atom is 0.243 e. The molecule has 0 unspecified atom stereocenters. The van der Waals surface area contributed by atoms with Crippen molar-refractivity contribution in [3.05, 3.63) is 64.0 Å². The smallest absolute Gasteiger partial charge is 0.243 e. The molecule has 0 amide bonds. The lowest BCUT2D eigenvalue weighted by molar-refractivity contribution is 0.385. The average molecular weight is 500 g/mol. The Labute approximate surface area is 179 Å². The lowest BCUT2D eigenvalue weighted by atomic mass is 10.2. The fourth-order valence-corrected chi connectivity index (χ4v) is 5.65. The summed E-state index contributed by atoms with van der Waals surface area (Å²) in [5, 5.41) is 2.51. The molecule has 0 spiro atoms. The molecule has 0 radical (unpaired) electrons. The van der Waals surface area contributed by atoms with Crippen LogP contribution in [-0.4, -0.2) is 43.9 Å². The van der Waals surface area contributed by atoms with E-state index in [0.29, 0.717) is 37.4 Å². The number of rotatable bonds is 4. The summed E-state index contributed by atoms with van der Waals surface area (Å²) in [6.07, 6.45) is 0. The standard InChI is InChI=1S/C19H16BrF2N3O2S2/c20-14-2-4-15(5-3-14)29(26,27)25-9-7-24(8-10-25)19-23-18(12-28-19)13-1-6-16(21)17(22)11-13/h1-6,11-12H,7-10H2. The summed E-state index contributed by atoms with van der Waals surface area (Å²) in [4.78, 5) is 6.78. The SMILES string of the molecule is O=S(=O)(c1ccc(Br)cc1)N1CCN(c2nc(-c3ccc(F)c(F)c3)cs2)CC1. The van der Waals surface area contributed by atoms with E-state index in [1.54, 1.807) is 29.6 Å². The van der Waals surface area contributed by atoms with Crippen molar-refractivity contribution in [2.24, 2.45) is 0 Å². The number of halogens is 3. The summed E-state index contributed by atoms with van der Waals surface area (Å²) in [5.74, 6) is -1.81. The molecule has 2 heterocycles. The van der Waals surface area contributed by atoms with Crippen LogP contribution in [0.2, 0.25) is 0 Å². The minimum absolute atomic E-state index is 0.268. The molecule has 1 aliphatic rings. The number of benzene rings is 2. The van der Waals surface area contributed by atoms with Gasteiger partial charge in [-0.3, -0.25) is 0 Å². The van der Waals surface area contributed by atoms with Gasteiger partial charge in [0, 0.05) is 41.6 Å². The second-order valence-corrected chi connectivity index (χ2v) is 10.2. The number of sulfonamides is 1. The first-order valence-corrected chi connectivity index (χ1v) is 11.9. The van der Waals surface area contributed by atoms with E-state index in [9.17, 15) is 17.2 Å². The van der Waals surface area contributed by atoms with E-state index in [0.717, 1.165) is 21.7 Å². The molecular formula is C19H16BrF2N3O2S2. The molecule has 10 heteroatoms. The first-order chi connectivity index (χ1) is 13.8.